The standard InChI is InChI=1S/C26H26ClN3O4/c1-2-15-34-21-9-7-18(8-10-21)24(31)22-23(19-5-3-6-20(27)16-19)30(26(33)25(22)32)13-4-12-29-14-11-28-17-29/h3,5-11,14,16-17,23,31H,2,4,12-13,15H2,1H3/b24-22-. The van der Waals surface area contributed by atoms with Gasteiger partial charge in [-0.1, -0.05) is 30.7 Å². The van der Waals surface area contributed by atoms with Gasteiger partial charge in [0.05, 0.1) is 24.5 Å². The van der Waals surface area contributed by atoms with Crippen LogP contribution in [0, 0.1) is 0 Å². The predicted octanol–water partition coefficient (Wildman–Crippen LogP) is 4.84. The van der Waals surface area contributed by atoms with Gasteiger partial charge in [0.2, 0.25) is 0 Å². The number of likely N-dealkylation sites (tertiary alicyclic amines) is 1. The number of carbonyl (C=O) groups excluding carboxylic acids is 2. The summed E-state index contributed by atoms with van der Waals surface area (Å²) < 4.78 is 7.51. The van der Waals surface area contributed by atoms with E-state index in [0.29, 0.717) is 48.0 Å². The van der Waals surface area contributed by atoms with Crippen molar-refractivity contribution in [3.63, 3.8) is 0 Å². The van der Waals surface area contributed by atoms with Gasteiger partial charge in [0.15, 0.2) is 0 Å². The van der Waals surface area contributed by atoms with Gasteiger partial charge < -0.3 is 19.3 Å². The van der Waals surface area contributed by atoms with Crippen LogP contribution in [0.2, 0.25) is 5.02 Å². The first kappa shape index (κ1) is 23.6. The molecule has 1 saturated heterocycles. The summed E-state index contributed by atoms with van der Waals surface area (Å²) >= 11 is 6.23. The van der Waals surface area contributed by atoms with Crippen LogP contribution in [0.5, 0.6) is 5.75 Å². The summed E-state index contributed by atoms with van der Waals surface area (Å²) in [6, 6.07) is 13.1. The molecule has 1 aliphatic rings. The van der Waals surface area contributed by atoms with Crippen LogP contribution < -0.4 is 4.74 Å². The summed E-state index contributed by atoms with van der Waals surface area (Å²) in [5, 5.41) is 11.6. The average molecular weight is 480 g/mol. The molecule has 4 rings (SSSR count). The number of amides is 1. The van der Waals surface area contributed by atoms with Crippen molar-refractivity contribution < 1.29 is 19.4 Å². The molecule has 176 valence electrons. The number of aromatic nitrogens is 2. The van der Waals surface area contributed by atoms with E-state index < -0.39 is 17.7 Å². The molecule has 1 aromatic heterocycles. The van der Waals surface area contributed by atoms with Crippen molar-refractivity contribution in [3.05, 3.63) is 89.0 Å². The minimum Gasteiger partial charge on any atom is -0.507 e. The SMILES string of the molecule is CCCOc1ccc(/C(O)=C2/C(=O)C(=O)N(CCCn3ccnc3)C2c2cccc(Cl)c2)cc1. The zero-order chi connectivity index (χ0) is 24.1. The minimum absolute atomic E-state index is 0.0529. The number of hydrogen-bond donors (Lipinski definition) is 1. The molecule has 1 aliphatic heterocycles. The van der Waals surface area contributed by atoms with Crippen LogP contribution in [-0.2, 0) is 16.1 Å². The lowest BCUT2D eigenvalue weighted by molar-refractivity contribution is -0.139. The molecule has 1 unspecified atom stereocenters. The van der Waals surface area contributed by atoms with Crippen LogP contribution in [0.1, 0.15) is 36.9 Å². The molecule has 34 heavy (non-hydrogen) atoms. The van der Waals surface area contributed by atoms with Crippen LogP contribution in [0.15, 0.2) is 72.8 Å². The molecule has 1 atom stereocenters. The molecule has 0 aliphatic carbocycles. The van der Waals surface area contributed by atoms with Crippen LogP contribution in [0.25, 0.3) is 5.76 Å². The first-order valence-electron chi connectivity index (χ1n) is 11.2. The Hall–Kier alpha value is -3.58. The fourth-order valence-electron chi connectivity index (χ4n) is 4.06. The Morgan fingerprint density at radius 1 is 1.15 bits per heavy atom. The van der Waals surface area contributed by atoms with Gasteiger partial charge in [0, 0.05) is 36.1 Å². The largest absolute Gasteiger partial charge is 0.507 e. The van der Waals surface area contributed by atoms with E-state index in [1.807, 2.05) is 17.7 Å². The molecule has 0 bridgehead atoms. The second-order valence-corrected chi connectivity index (χ2v) is 8.51. The van der Waals surface area contributed by atoms with Crippen LogP contribution in [0.4, 0.5) is 0 Å². The average Bonchev–Trinajstić information content (AvgIpc) is 3.45. The fourth-order valence-corrected chi connectivity index (χ4v) is 4.26. The molecular weight excluding hydrogens is 454 g/mol. The normalized spacial score (nSPS) is 17.4. The highest BCUT2D eigenvalue weighted by Gasteiger charge is 2.45. The Balaban J connectivity index is 1.68. The molecule has 2 aromatic carbocycles. The maximum Gasteiger partial charge on any atom is 0.295 e. The highest BCUT2D eigenvalue weighted by Crippen LogP contribution is 2.40. The smallest absolute Gasteiger partial charge is 0.295 e. The molecule has 8 heteroatoms. The molecular formula is C26H26ClN3O4. The highest BCUT2D eigenvalue weighted by atomic mass is 35.5. The van der Waals surface area contributed by atoms with Crippen molar-refractivity contribution in [2.45, 2.75) is 32.4 Å². The number of imidazole rings is 1. The summed E-state index contributed by atoms with van der Waals surface area (Å²) in [7, 11) is 0. The van der Waals surface area contributed by atoms with E-state index in [1.165, 1.54) is 4.90 Å². The van der Waals surface area contributed by atoms with Crippen LogP contribution in [0.3, 0.4) is 0 Å². The second-order valence-electron chi connectivity index (χ2n) is 8.07. The first-order valence-corrected chi connectivity index (χ1v) is 11.6. The molecule has 0 saturated carbocycles. The lowest BCUT2D eigenvalue weighted by atomic mass is 9.95. The maximum absolute atomic E-state index is 13.1. The van der Waals surface area contributed by atoms with Crippen molar-refractivity contribution in [2.24, 2.45) is 0 Å². The third-order valence-electron chi connectivity index (χ3n) is 5.68. The first-order chi connectivity index (χ1) is 16.5. The molecule has 1 N–H and O–H groups in total. The van der Waals surface area contributed by atoms with Crippen LogP contribution >= 0.6 is 11.6 Å². The summed E-state index contributed by atoms with van der Waals surface area (Å²) in [5.74, 6) is -0.899. The number of benzene rings is 2. The summed E-state index contributed by atoms with van der Waals surface area (Å²) in [6.45, 7) is 3.58. The van der Waals surface area contributed by atoms with E-state index in [2.05, 4.69) is 4.98 Å². The van der Waals surface area contributed by atoms with Gasteiger partial charge in [-0.05, 0) is 54.8 Å². The van der Waals surface area contributed by atoms with Crippen molar-refractivity contribution in [1.82, 2.24) is 14.5 Å². The lowest BCUT2D eigenvalue weighted by Crippen LogP contribution is -2.31. The monoisotopic (exact) mass is 479 g/mol. The number of aryl methyl sites for hydroxylation is 1. The number of hydrogen-bond acceptors (Lipinski definition) is 5. The summed E-state index contributed by atoms with van der Waals surface area (Å²) in [6.07, 6.45) is 6.74. The summed E-state index contributed by atoms with van der Waals surface area (Å²) in [4.78, 5) is 31.7. The number of aliphatic hydroxyl groups is 1. The van der Waals surface area contributed by atoms with Crippen molar-refractivity contribution in [1.29, 1.82) is 0 Å². The Morgan fingerprint density at radius 3 is 2.62 bits per heavy atom. The Labute approximate surface area is 203 Å². The van der Waals surface area contributed by atoms with Gasteiger partial charge >= 0.3 is 0 Å². The van der Waals surface area contributed by atoms with Gasteiger partial charge in [-0.25, -0.2) is 4.98 Å². The zero-order valence-corrected chi connectivity index (χ0v) is 19.6. The van der Waals surface area contributed by atoms with Crippen molar-refractivity contribution >= 4 is 29.1 Å². The third kappa shape index (κ3) is 4.99. The molecule has 1 fully saturated rings. The number of ketones is 1. The fraction of sp³-hybridized carbons (Fsp3) is 0.269. The number of rotatable bonds is 9. The topological polar surface area (TPSA) is 84.7 Å². The quantitative estimate of drug-likeness (QED) is 0.270. The van der Waals surface area contributed by atoms with Gasteiger partial charge in [-0.3, -0.25) is 9.59 Å². The van der Waals surface area contributed by atoms with Gasteiger partial charge in [-0.15, -0.1) is 0 Å². The van der Waals surface area contributed by atoms with Gasteiger partial charge in [-0.2, -0.15) is 0 Å². The van der Waals surface area contributed by atoms with E-state index in [4.69, 9.17) is 16.3 Å². The minimum atomic E-state index is -0.738. The Morgan fingerprint density at radius 2 is 1.94 bits per heavy atom. The number of ether oxygens (including phenoxy) is 1. The van der Waals surface area contributed by atoms with Gasteiger partial charge in [0.1, 0.15) is 11.5 Å². The van der Waals surface area contributed by atoms with Crippen molar-refractivity contribution in [3.8, 4) is 5.75 Å². The Kier molecular flexibility index (Phi) is 7.33. The molecule has 1 amide bonds. The maximum atomic E-state index is 13.1. The molecule has 2 heterocycles. The van der Waals surface area contributed by atoms with Crippen molar-refractivity contribution in [2.75, 3.05) is 13.2 Å². The van der Waals surface area contributed by atoms with E-state index >= 15 is 0 Å². The van der Waals surface area contributed by atoms with E-state index in [9.17, 15) is 14.7 Å². The number of carbonyl (C=O) groups is 2. The number of halogens is 1. The third-order valence-corrected chi connectivity index (χ3v) is 5.91. The van der Waals surface area contributed by atoms with E-state index in [-0.39, 0.29) is 11.3 Å². The molecule has 0 spiro atoms. The molecule has 3 aromatic rings. The zero-order valence-electron chi connectivity index (χ0n) is 18.9. The highest BCUT2D eigenvalue weighted by molar-refractivity contribution is 6.46. The van der Waals surface area contributed by atoms with E-state index in [0.717, 1.165) is 6.42 Å². The molecule has 7 nitrogen and oxygen atoms in total. The number of aliphatic hydroxyl groups excluding tert-OH is 1. The number of nitrogens with zero attached hydrogens (tertiary/aromatic N) is 3. The predicted molar refractivity (Wildman–Crippen MR) is 130 cm³/mol. The molecule has 0 radical (unpaired) electrons. The second kappa shape index (κ2) is 10.6. The lowest BCUT2D eigenvalue weighted by Gasteiger charge is -2.25. The number of Topliss-reactive ketones (excluding diaryl/α,β-unsaturated/α-hetero) is 1. The summed E-state index contributed by atoms with van der Waals surface area (Å²) in [5.41, 5.74) is 1.16. The van der Waals surface area contributed by atoms with E-state index in [1.54, 1.807) is 61.1 Å². The van der Waals surface area contributed by atoms with Crippen LogP contribution in [-0.4, -0.2) is 44.4 Å². The van der Waals surface area contributed by atoms with Gasteiger partial charge in [0.25, 0.3) is 11.7 Å². The Bertz CT molecular complexity index is 1190.